The number of carbonyl (C=O) groups is 3. The Morgan fingerprint density at radius 3 is 1.88 bits per heavy atom. The van der Waals surface area contributed by atoms with E-state index in [2.05, 4.69) is 11.7 Å². The van der Waals surface area contributed by atoms with Gasteiger partial charge in [0.2, 0.25) is 0 Å². The van der Waals surface area contributed by atoms with E-state index in [1.165, 1.54) is 38.5 Å². The van der Waals surface area contributed by atoms with Gasteiger partial charge >= 0.3 is 121 Å². The Morgan fingerprint density at radius 2 is 1.42 bits per heavy atom. The number of ether oxygens (including phenoxy) is 1. The molecular formula is C16H31K2NO5. The second-order valence-electron chi connectivity index (χ2n) is 5.58. The number of carboxylic acids is 1. The van der Waals surface area contributed by atoms with E-state index in [1.807, 2.05) is 0 Å². The Hall–Kier alpha value is 1.84. The normalized spacial score (nSPS) is 10.9. The van der Waals surface area contributed by atoms with Crippen LogP contribution >= 0.6 is 0 Å². The summed E-state index contributed by atoms with van der Waals surface area (Å²) in [5.41, 5.74) is 5.30. The minimum Gasteiger partial charge on any atom is -1.00 e. The van der Waals surface area contributed by atoms with E-state index >= 15 is 0 Å². The second-order valence-corrected chi connectivity index (χ2v) is 5.58. The van der Waals surface area contributed by atoms with Crippen molar-refractivity contribution in [2.75, 3.05) is 0 Å². The molecule has 0 saturated carbocycles. The molecule has 0 aliphatic heterocycles. The summed E-state index contributed by atoms with van der Waals surface area (Å²) in [6.45, 7) is 2.19. The van der Waals surface area contributed by atoms with E-state index in [1.54, 1.807) is 0 Å². The molecule has 6 nitrogen and oxygen atoms in total. The van der Waals surface area contributed by atoms with Gasteiger partial charge in [-0.25, -0.2) is 4.79 Å². The molecule has 0 bridgehead atoms. The third-order valence-corrected chi connectivity index (χ3v) is 3.40. The third-order valence-electron chi connectivity index (χ3n) is 3.40. The molecule has 0 amide bonds. The van der Waals surface area contributed by atoms with Crippen molar-refractivity contribution in [3.63, 3.8) is 0 Å². The van der Waals surface area contributed by atoms with Gasteiger partial charge in [-0.1, -0.05) is 58.3 Å². The zero-order valence-corrected chi connectivity index (χ0v) is 21.8. The average Bonchev–Trinajstić information content (AvgIpc) is 2.44. The number of esters is 2. The van der Waals surface area contributed by atoms with Crippen molar-refractivity contribution in [3.05, 3.63) is 0 Å². The van der Waals surface area contributed by atoms with E-state index in [-0.39, 0.29) is 112 Å². The Kier molecular flexibility index (Phi) is 26.9. The van der Waals surface area contributed by atoms with Gasteiger partial charge in [-0.15, -0.1) is 0 Å². The van der Waals surface area contributed by atoms with Crippen LogP contribution in [-0.4, -0.2) is 29.1 Å². The molecule has 0 rings (SSSR count). The number of nitrogens with two attached hydrogens (primary N) is 1. The smallest absolute Gasteiger partial charge is 1.00 e. The number of rotatable bonds is 13. The van der Waals surface area contributed by atoms with Gasteiger partial charge in [0.05, 0.1) is 6.42 Å². The SMILES string of the molecule is CCCCCCCCCCCC(=O)OC(=O)C(N)CC(=O)O.[H-].[H-].[K+].[K+]. The molecule has 3 N–H and O–H groups in total. The van der Waals surface area contributed by atoms with E-state index in [0.717, 1.165) is 12.8 Å². The van der Waals surface area contributed by atoms with E-state index in [9.17, 15) is 14.4 Å². The molecule has 1 unspecified atom stereocenters. The van der Waals surface area contributed by atoms with Crippen molar-refractivity contribution in [1.29, 1.82) is 0 Å². The van der Waals surface area contributed by atoms with Gasteiger partial charge in [0.15, 0.2) is 0 Å². The number of hydrogen-bond donors (Lipinski definition) is 2. The molecule has 0 aliphatic rings. The Morgan fingerprint density at radius 1 is 0.958 bits per heavy atom. The fourth-order valence-corrected chi connectivity index (χ4v) is 2.09. The van der Waals surface area contributed by atoms with Crippen molar-refractivity contribution < 1.29 is 130 Å². The molecule has 8 heteroatoms. The van der Waals surface area contributed by atoms with Gasteiger partial charge in [0.1, 0.15) is 6.04 Å². The molecule has 0 spiro atoms. The predicted octanol–water partition coefficient (Wildman–Crippen LogP) is -2.99. The van der Waals surface area contributed by atoms with Crippen molar-refractivity contribution in [2.45, 2.75) is 83.6 Å². The second kappa shape index (κ2) is 21.1. The topological polar surface area (TPSA) is 107 Å². The first-order valence-corrected chi connectivity index (χ1v) is 8.19. The molecule has 132 valence electrons. The quantitative estimate of drug-likeness (QED) is 0.149. The number of unbranched alkanes of at least 4 members (excludes halogenated alkanes) is 8. The number of hydrogen-bond acceptors (Lipinski definition) is 5. The van der Waals surface area contributed by atoms with Crippen LogP contribution in [0.3, 0.4) is 0 Å². The summed E-state index contributed by atoms with van der Waals surface area (Å²) in [6.07, 6.45) is 9.81. The zero-order valence-electron chi connectivity index (χ0n) is 17.5. The maximum absolute atomic E-state index is 11.4. The van der Waals surface area contributed by atoms with Crippen LogP contribution in [0.1, 0.15) is 80.4 Å². The Bertz CT molecular complexity index is 364. The first-order valence-electron chi connectivity index (χ1n) is 8.19. The van der Waals surface area contributed by atoms with Crippen molar-refractivity contribution in [1.82, 2.24) is 0 Å². The molecule has 0 aromatic rings. The fourth-order valence-electron chi connectivity index (χ4n) is 2.09. The average molecular weight is 396 g/mol. The summed E-state index contributed by atoms with van der Waals surface area (Å²) in [5.74, 6) is -2.80. The van der Waals surface area contributed by atoms with Crippen molar-refractivity contribution >= 4 is 17.9 Å². The molecule has 0 heterocycles. The predicted molar refractivity (Wildman–Crippen MR) is 85.4 cm³/mol. The largest absolute Gasteiger partial charge is 1.00 e. The van der Waals surface area contributed by atoms with Crippen LogP contribution in [0.5, 0.6) is 0 Å². The maximum Gasteiger partial charge on any atom is 1.00 e. The number of carbonyl (C=O) groups excluding carboxylic acids is 2. The molecule has 0 radical (unpaired) electrons. The van der Waals surface area contributed by atoms with Crippen LogP contribution in [0.4, 0.5) is 0 Å². The molecule has 0 aromatic heterocycles. The molecule has 0 fully saturated rings. The van der Waals surface area contributed by atoms with Crippen molar-refractivity contribution in [3.8, 4) is 0 Å². The summed E-state index contributed by atoms with van der Waals surface area (Å²) < 4.78 is 4.52. The maximum atomic E-state index is 11.4. The van der Waals surface area contributed by atoms with E-state index < -0.39 is 30.4 Å². The van der Waals surface area contributed by atoms with Crippen LogP contribution < -0.4 is 109 Å². The van der Waals surface area contributed by atoms with Gasteiger partial charge in [-0.05, 0) is 6.42 Å². The number of carboxylic acid groups (broad SMARTS) is 1. The molecule has 24 heavy (non-hydrogen) atoms. The zero-order chi connectivity index (χ0) is 16.8. The summed E-state index contributed by atoms with van der Waals surface area (Å²) in [5, 5.41) is 8.49. The first-order chi connectivity index (χ1) is 10.5. The van der Waals surface area contributed by atoms with E-state index in [0.29, 0.717) is 6.42 Å². The van der Waals surface area contributed by atoms with Crippen LogP contribution in [0.25, 0.3) is 0 Å². The van der Waals surface area contributed by atoms with Gasteiger partial charge < -0.3 is 18.4 Å². The van der Waals surface area contributed by atoms with Crippen LogP contribution in [0, 0.1) is 0 Å². The number of aliphatic carboxylic acids is 1. The molecule has 0 aliphatic carbocycles. The monoisotopic (exact) mass is 395 g/mol. The summed E-state index contributed by atoms with van der Waals surface area (Å²) >= 11 is 0. The van der Waals surface area contributed by atoms with Gasteiger partial charge in [-0.2, -0.15) is 0 Å². The molecule has 0 saturated heterocycles. The summed E-state index contributed by atoms with van der Waals surface area (Å²) in [6, 6.07) is -1.29. The minimum atomic E-state index is -1.29. The van der Waals surface area contributed by atoms with Gasteiger partial charge in [-0.3, -0.25) is 9.59 Å². The Labute approximate surface area is 233 Å². The summed E-state index contributed by atoms with van der Waals surface area (Å²) in [7, 11) is 0. The van der Waals surface area contributed by atoms with Crippen LogP contribution in [0.2, 0.25) is 0 Å². The Balaban J connectivity index is -0.000000367. The van der Waals surface area contributed by atoms with Gasteiger partial charge in [0.25, 0.3) is 0 Å². The van der Waals surface area contributed by atoms with Crippen LogP contribution in [0.15, 0.2) is 0 Å². The van der Waals surface area contributed by atoms with Gasteiger partial charge in [0, 0.05) is 6.42 Å². The molecule has 0 aromatic carbocycles. The molecule has 1 atom stereocenters. The standard InChI is InChI=1S/C16H29NO5.2K.2H/c1-2-3-4-5-6-7-8-9-10-11-15(20)22-16(21)13(17)12-14(18)19;;;;/h13H,2-12,17H2,1H3,(H,18,19);;;;/q;2*+1;2*-1. The third kappa shape index (κ3) is 20.2. The summed E-state index contributed by atoms with van der Waals surface area (Å²) in [4.78, 5) is 33.1. The van der Waals surface area contributed by atoms with E-state index in [4.69, 9.17) is 10.8 Å². The molecular weight excluding hydrogens is 364 g/mol. The first kappa shape index (κ1) is 30.6. The van der Waals surface area contributed by atoms with Crippen LogP contribution in [-0.2, 0) is 19.1 Å². The minimum absolute atomic E-state index is 0. The van der Waals surface area contributed by atoms with Crippen molar-refractivity contribution in [2.24, 2.45) is 5.73 Å². The fraction of sp³-hybridized carbons (Fsp3) is 0.812.